The first kappa shape index (κ1) is 14.5. The van der Waals surface area contributed by atoms with Crippen molar-refractivity contribution in [2.24, 2.45) is 5.41 Å². The van der Waals surface area contributed by atoms with Crippen LogP contribution in [0.1, 0.15) is 19.3 Å². The zero-order chi connectivity index (χ0) is 15.3. The molecule has 1 aromatic carbocycles. The van der Waals surface area contributed by atoms with E-state index in [1.54, 1.807) is 6.07 Å². The Bertz CT molecular complexity index is 709. The van der Waals surface area contributed by atoms with Gasteiger partial charge in [-0.3, -0.25) is 0 Å². The smallest absolute Gasteiger partial charge is 0.298 e. The Kier molecular flexibility index (Phi) is 3.42. The van der Waals surface area contributed by atoms with Gasteiger partial charge in [-0.15, -0.1) is 0 Å². The molecule has 3 heterocycles. The summed E-state index contributed by atoms with van der Waals surface area (Å²) in [6, 6.07) is 3.76. The highest BCUT2D eigenvalue weighted by molar-refractivity contribution is 9.10. The Hall–Kier alpha value is -1.14. The maximum Gasteiger partial charge on any atom is 0.298 e. The van der Waals surface area contributed by atoms with E-state index >= 15 is 0 Å². The molecule has 118 valence electrons. The number of piperidine rings is 1. The first-order chi connectivity index (χ1) is 10.5. The topological polar surface area (TPSA) is 32.5 Å². The number of hydrogen-bond donors (Lipinski definition) is 0. The molecule has 4 rings (SSSR count). The second-order valence-corrected chi connectivity index (χ2v) is 7.62. The van der Waals surface area contributed by atoms with E-state index in [9.17, 15) is 4.39 Å². The van der Waals surface area contributed by atoms with Crippen molar-refractivity contribution in [3.63, 3.8) is 0 Å². The second-order valence-electron chi connectivity index (χ2n) is 6.71. The lowest BCUT2D eigenvalue weighted by Gasteiger charge is -2.37. The summed E-state index contributed by atoms with van der Waals surface area (Å²) < 4.78 is 20.4. The van der Waals surface area contributed by atoms with Crippen molar-refractivity contribution in [3.05, 3.63) is 22.4 Å². The van der Waals surface area contributed by atoms with Gasteiger partial charge in [0.05, 0.1) is 0 Å². The molecule has 1 aromatic heterocycles. The molecule has 2 aliphatic heterocycles. The fourth-order valence-corrected chi connectivity index (χ4v) is 4.09. The molecule has 0 atom stereocenters. The highest BCUT2D eigenvalue weighted by Gasteiger charge is 2.41. The van der Waals surface area contributed by atoms with Crippen LogP contribution in [0.15, 0.2) is 21.0 Å². The van der Waals surface area contributed by atoms with Crippen molar-refractivity contribution >= 4 is 33.0 Å². The minimum absolute atomic E-state index is 0.322. The third kappa shape index (κ3) is 2.42. The number of fused-ring (bicyclic) bond motifs is 1. The lowest BCUT2D eigenvalue weighted by Crippen LogP contribution is -2.39. The van der Waals surface area contributed by atoms with Gasteiger partial charge in [0.25, 0.3) is 6.01 Å². The van der Waals surface area contributed by atoms with E-state index in [4.69, 9.17) is 4.42 Å². The van der Waals surface area contributed by atoms with Crippen LogP contribution in [0.3, 0.4) is 0 Å². The number of hydrogen-bond acceptors (Lipinski definition) is 4. The van der Waals surface area contributed by atoms with E-state index < -0.39 is 0 Å². The molecule has 0 amide bonds. The molecule has 22 heavy (non-hydrogen) atoms. The van der Waals surface area contributed by atoms with Crippen molar-refractivity contribution in [1.29, 1.82) is 0 Å². The van der Waals surface area contributed by atoms with Crippen molar-refractivity contribution in [2.45, 2.75) is 19.3 Å². The molecule has 4 nitrogen and oxygen atoms in total. The molecule has 0 saturated carbocycles. The summed E-state index contributed by atoms with van der Waals surface area (Å²) in [4.78, 5) is 8.95. The summed E-state index contributed by atoms with van der Waals surface area (Å²) in [5, 5.41) is 0. The third-order valence-electron chi connectivity index (χ3n) is 5.16. The summed E-state index contributed by atoms with van der Waals surface area (Å²) >= 11 is 3.29. The summed E-state index contributed by atoms with van der Waals surface area (Å²) in [5.74, 6) is -0.340. The largest absolute Gasteiger partial charge is 0.423 e. The van der Waals surface area contributed by atoms with E-state index in [0.717, 1.165) is 26.2 Å². The van der Waals surface area contributed by atoms with Gasteiger partial charge in [0.2, 0.25) is 0 Å². The summed E-state index contributed by atoms with van der Waals surface area (Å²) in [7, 11) is 2.18. The molecule has 0 N–H and O–H groups in total. The molecule has 2 aliphatic rings. The molecular formula is C16H19BrFN3O. The Labute approximate surface area is 137 Å². The van der Waals surface area contributed by atoms with E-state index in [-0.39, 0.29) is 5.82 Å². The fraction of sp³-hybridized carbons (Fsp3) is 0.562. The van der Waals surface area contributed by atoms with E-state index in [1.165, 1.54) is 25.3 Å². The number of benzene rings is 1. The van der Waals surface area contributed by atoms with Crippen molar-refractivity contribution in [2.75, 3.05) is 38.1 Å². The molecule has 6 heteroatoms. The Balaban J connectivity index is 1.60. The van der Waals surface area contributed by atoms with Crippen LogP contribution >= 0.6 is 15.9 Å². The van der Waals surface area contributed by atoms with Crippen molar-refractivity contribution in [3.8, 4) is 0 Å². The summed E-state index contributed by atoms with van der Waals surface area (Å²) in [6.07, 6.45) is 3.62. The van der Waals surface area contributed by atoms with Gasteiger partial charge in [0, 0.05) is 17.6 Å². The zero-order valence-electron chi connectivity index (χ0n) is 12.6. The highest BCUT2D eigenvalue weighted by Crippen LogP contribution is 2.42. The van der Waals surface area contributed by atoms with Crippen LogP contribution < -0.4 is 4.90 Å². The Morgan fingerprint density at radius 1 is 1.23 bits per heavy atom. The number of aromatic nitrogens is 1. The monoisotopic (exact) mass is 367 g/mol. The average molecular weight is 368 g/mol. The number of oxazole rings is 1. The molecule has 2 fully saturated rings. The normalized spacial score (nSPS) is 22.0. The van der Waals surface area contributed by atoms with Crippen LogP contribution in [0.2, 0.25) is 0 Å². The molecule has 0 unspecified atom stereocenters. The first-order valence-electron chi connectivity index (χ1n) is 7.74. The van der Waals surface area contributed by atoms with Gasteiger partial charge in [0.15, 0.2) is 11.4 Å². The number of rotatable bonds is 1. The SMILES string of the molecule is CN1CCC2(CC1)CCN(c1nc3c(F)cc(Br)cc3o1)C2. The van der Waals surface area contributed by atoms with Gasteiger partial charge in [-0.1, -0.05) is 15.9 Å². The van der Waals surface area contributed by atoms with E-state index in [1.807, 2.05) is 0 Å². The van der Waals surface area contributed by atoms with Crippen LogP contribution in [-0.4, -0.2) is 43.1 Å². The van der Waals surface area contributed by atoms with Crippen LogP contribution in [0.4, 0.5) is 10.4 Å². The summed E-state index contributed by atoms with van der Waals surface area (Å²) in [5.41, 5.74) is 1.21. The molecular weight excluding hydrogens is 349 g/mol. The number of likely N-dealkylation sites (tertiary alicyclic amines) is 1. The van der Waals surface area contributed by atoms with Gasteiger partial charge >= 0.3 is 0 Å². The van der Waals surface area contributed by atoms with Crippen LogP contribution in [0, 0.1) is 11.2 Å². The molecule has 0 aliphatic carbocycles. The van der Waals surface area contributed by atoms with E-state index in [2.05, 4.69) is 37.8 Å². The Morgan fingerprint density at radius 3 is 2.73 bits per heavy atom. The third-order valence-corrected chi connectivity index (χ3v) is 5.62. The van der Waals surface area contributed by atoms with Gasteiger partial charge in [-0.25, -0.2) is 4.39 Å². The minimum atomic E-state index is -0.340. The maximum atomic E-state index is 14.0. The molecule has 1 spiro atoms. The van der Waals surface area contributed by atoms with Crippen molar-refractivity contribution < 1.29 is 8.81 Å². The quantitative estimate of drug-likeness (QED) is 0.769. The van der Waals surface area contributed by atoms with Gasteiger partial charge < -0.3 is 14.2 Å². The maximum absolute atomic E-state index is 14.0. The van der Waals surface area contributed by atoms with Crippen LogP contribution in [0.5, 0.6) is 0 Å². The predicted molar refractivity (Wildman–Crippen MR) is 87.7 cm³/mol. The lowest BCUT2D eigenvalue weighted by atomic mass is 9.78. The van der Waals surface area contributed by atoms with Gasteiger partial charge in [-0.05, 0) is 56.9 Å². The molecule has 2 saturated heterocycles. The summed E-state index contributed by atoms with van der Waals surface area (Å²) in [6.45, 7) is 4.22. The number of halogens is 2. The highest BCUT2D eigenvalue weighted by atomic mass is 79.9. The Morgan fingerprint density at radius 2 is 1.95 bits per heavy atom. The standard InChI is InChI=1S/C16H19BrFN3O/c1-20-5-2-16(3-6-20)4-7-21(10-16)15-19-14-12(18)8-11(17)9-13(14)22-15/h8-9H,2-7,10H2,1H3. The zero-order valence-corrected chi connectivity index (χ0v) is 14.2. The second kappa shape index (κ2) is 5.20. The molecule has 0 bridgehead atoms. The van der Waals surface area contributed by atoms with Gasteiger partial charge in [0.1, 0.15) is 5.52 Å². The average Bonchev–Trinajstić information content (AvgIpc) is 3.07. The van der Waals surface area contributed by atoms with Crippen molar-refractivity contribution in [1.82, 2.24) is 9.88 Å². The first-order valence-corrected chi connectivity index (χ1v) is 8.53. The molecule has 0 radical (unpaired) electrons. The number of nitrogens with zero attached hydrogens (tertiary/aromatic N) is 3. The van der Waals surface area contributed by atoms with Gasteiger partial charge in [-0.2, -0.15) is 4.98 Å². The predicted octanol–water partition coefficient (Wildman–Crippen LogP) is 3.65. The lowest BCUT2D eigenvalue weighted by molar-refractivity contribution is 0.141. The number of anilines is 1. The minimum Gasteiger partial charge on any atom is -0.423 e. The molecule has 2 aromatic rings. The van der Waals surface area contributed by atoms with Crippen LogP contribution in [0.25, 0.3) is 11.1 Å². The fourth-order valence-electron chi connectivity index (χ4n) is 3.68. The van der Waals surface area contributed by atoms with E-state index in [0.29, 0.717) is 27.0 Å². The van der Waals surface area contributed by atoms with Crippen LogP contribution in [-0.2, 0) is 0 Å².